The molecule has 0 saturated carbocycles. The van der Waals surface area contributed by atoms with Gasteiger partial charge >= 0.3 is 0 Å². The molecule has 0 aromatic carbocycles. The third-order valence-corrected chi connectivity index (χ3v) is 4.36. The van der Waals surface area contributed by atoms with Crippen molar-refractivity contribution in [1.29, 1.82) is 0 Å². The van der Waals surface area contributed by atoms with Gasteiger partial charge in [0.05, 0.1) is 5.25 Å². The lowest BCUT2D eigenvalue weighted by Crippen LogP contribution is -2.18. The molecule has 0 spiro atoms. The second-order valence-electron chi connectivity index (χ2n) is 3.72. The van der Waals surface area contributed by atoms with Crippen molar-refractivity contribution >= 4 is 15.7 Å². The van der Waals surface area contributed by atoms with Gasteiger partial charge in [-0.1, -0.05) is 0 Å². The number of hydrogen-bond donors (Lipinski definition) is 1. The van der Waals surface area contributed by atoms with Gasteiger partial charge in [0.15, 0.2) is 9.84 Å². The van der Waals surface area contributed by atoms with Gasteiger partial charge in [0.2, 0.25) is 0 Å². The van der Waals surface area contributed by atoms with Crippen molar-refractivity contribution in [3.63, 3.8) is 0 Å². The molecular formula is C9H17N3O2S. The Kier molecular flexibility index (Phi) is 3.38. The Morgan fingerprint density at radius 2 is 2.13 bits per heavy atom. The standard InChI is InChI=1S/C9H17N3O2S/c1-4-12-5-8(10)11-9(12)6-15(13,14)7(2)3/h5,7H,4,6,10H2,1-3H3. The van der Waals surface area contributed by atoms with Crippen molar-refractivity contribution < 1.29 is 8.42 Å². The van der Waals surface area contributed by atoms with E-state index in [1.54, 1.807) is 24.6 Å². The van der Waals surface area contributed by atoms with Gasteiger partial charge in [-0.25, -0.2) is 13.4 Å². The molecule has 15 heavy (non-hydrogen) atoms. The van der Waals surface area contributed by atoms with Gasteiger partial charge in [-0.15, -0.1) is 0 Å². The van der Waals surface area contributed by atoms with Crippen molar-refractivity contribution in [3.05, 3.63) is 12.0 Å². The van der Waals surface area contributed by atoms with E-state index in [0.717, 1.165) is 0 Å². The molecule has 2 N–H and O–H groups in total. The number of nitrogens with two attached hydrogens (primary N) is 1. The fourth-order valence-electron chi connectivity index (χ4n) is 1.21. The molecule has 86 valence electrons. The quantitative estimate of drug-likeness (QED) is 0.831. The van der Waals surface area contributed by atoms with E-state index in [1.165, 1.54) is 0 Å². The van der Waals surface area contributed by atoms with E-state index in [4.69, 9.17) is 5.73 Å². The van der Waals surface area contributed by atoms with Crippen LogP contribution >= 0.6 is 0 Å². The van der Waals surface area contributed by atoms with Gasteiger partial charge < -0.3 is 10.3 Å². The molecule has 0 aliphatic heterocycles. The maximum absolute atomic E-state index is 11.7. The zero-order valence-corrected chi connectivity index (χ0v) is 10.1. The SMILES string of the molecule is CCn1cc(N)nc1CS(=O)(=O)C(C)C. The van der Waals surface area contributed by atoms with E-state index in [1.807, 2.05) is 6.92 Å². The molecule has 1 aromatic heterocycles. The van der Waals surface area contributed by atoms with Crippen molar-refractivity contribution in [3.8, 4) is 0 Å². The number of hydrogen-bond acceptors (Lipinski definition) is 4. The van der Waals surface area contributed by atoms with Gasteiger partial charge in [0, 0.05) is 12.7 Å². The summed E-state index contributed by atoms with van der Waals surface area (Å²) < 4.78 is 25.1. The van der Waals surface area contributed by atoms with Gasteiger partial charge in [-0.3, -0.25) is 0 Å². The minimum absolute atomic E-state index is 0.0459. The molecule has 0 aliphatic carbocycles. The first kappa shape index (κ1) is 12.0. The predicted octanol–water partition coefficient (Wildman–Crippen LogP) is 0.808. The van der Waals surface area contributed by atoms with E-state index in [0.29, 0.717) is 18.2 Å². The largest absolute Gasteiger partial charge is 0.382 e. The van der Waals surface area contributed by atoms with Crippen LogP contribution in [0.4, 0.5) is 5.82 Å². The number of imidazole rings is 1. The van der Waals surface area contributed by atoms with Crippen LogP contribution in [-0.4, -0.2) is 23.2 Å². The summed E-state index contributed by atoms with van der Waals surface area (Å²) in [4.78, 5) is 4.01. The normalized spacial score (nSPS) is 12.3. The molecule has 1 rings (SSSR count). The van der Waals surface area contributed by atoms with Crippen LogP contribution in [0.15, 0.2) is 6.20 Å². The second-order valence-corrected chi connectivity index (χ2v) is 6.28. The molecule has 0 unspecified atom stereocenters. The smallest absolute Gasteiger partial charge is 0.159 e. The Hall–Kier alpha value is -1.04. The topological polar surface area (TPSA) is 78.0 Å². The highest BCUT2D eigenvalue weighted by Crippen LogP contribution is 2.12. The lowest BCUT2D eigenvalue weighted by molar-refractivity contribution is 0.582. The second kappa shape index (κ2) is 4.22. The van der Waals surface area contributed by atoms with Crippen LogP contribution in [-0.2, 0) is 22.1 Å². The molecule has 0 bridgehead atoms. The lowest BCUT2D eigenvalue weighted by Gasteiger charge is -2.08. The Bertz CT molecular complexity index is 434. The predicted molar refractivity (Wildman–Crippen MR) is 60.1 cm³/mol. The molecule has 1 heterocycles. The van der Waals surface area contributed by atoms with Crippen LogP contribution in [0.2, 0.25) is 0 Å². The van der Waals surface area contributed by atoms with E-state index >= 15 is 0 Å². The third kappa shape index (κ3) is 2.71. The van der Waals surface area contributed by atoms with Crippen LogP contribution < -0.4 is 5.73 Å². The summed E-state index contributed by atoms with van der Waals surface area (Å²) >= 11 is 0. The minimum atomic E-state index is -3.11. The summed E-state index contributed by atoms with van der Waals surface area (Å²) in [6, 6.07) is 0. The number of aromatic nitrogens is 2. The molecule has 0 saturated heterocycles. The van der Waals surface area contributed by atoms with Crippen molar-refractivity contribution in [2.24, 2.45) is 0 Å². The molecule has 0 radical (unpaired) electrons. The van der Waals surface area contributed by atoms with Crippen molar-refractivity contribution in [2.75, 3.05) is 5.73 Å². The van der Waals surface area contributed by atoms with Gasteiger partial charge in [0.1, 0.15) is 17.4 Å². The summed E-state index contributed by atoms with van der Waals surface area (Å²) in [5.41, 5.74) is 5.52. The summed E-state index contributed by atoms with van der Waals surface area (Å²) in [7, 11) is -3.11. The van der Waals surface area contributed by atoms with E-state index in [-0.39, 0.29) is 11.0 Å². The summed E-state index contributed by atoms with van der Waals surface area (Å²) in [6.45, 7) is 5.93. The number of rotatable bonds is 4. The van der Waals surface area contributed by atoms with E-state index in [2.05, 4.69) is 4.98 Å². The van der Waals surface area contributed by atoms with Crippen LogP contribution in [0.3, 0.4) is 0 Å². The number of nitrogen functional groups attached to an aromatic ring is 1. The Morgan fingerprint density at radius 3 is 2.60 bits per heavy atom. The fraction of sp³-hybridized carbons (Fsp3) is 0.667. The molecule has 6 heteroatoms. The fourth-order valence-corrected chi connectivity index (χ4v) is 2.14. The van der Waals surface area contributed by atoms with Gasteiger partial charge in [-0.05, 0) is 20.8 Å². The van der Waals surface area contributed by atoms with E-state index in [9.17, 15) is 8.42 Å². The molecular weight excluding hydrogens is 214 g/mol. The molecule has 0 amide bonds. The van der Waals surface area contributed by atoms with Gasteiger partial charge in [0.25, 0.3) is 0 Å². The molecule has 0 fully saturated rings. The molecule has 0 aliphatic rings. The summed E-state index contributed by atoms with van der Waals surface area (Å²) in [5.74, 6) is 0.838. The highest BCUT2D eigenvalue weighted by atomic mass is 32.2. The Morgan fingerprint density at radius 1 is 1.53 bits per heavy atom. The lowest BCUT2D eigenvalue weighted by atomic mass is 10.6. The molecule has 0 atom stereocenters. The maximum atomic E-state index is 11.7. The highest BCUT2D eigenvalue weighted by Gasteiger charge is 2.20. The average Bonchev–Trinajstić information content (AvgIpc) is 2.44. The maximum Gasteiger partial charge on any atom is 0.159 e. The first-order valence-corrected chi connectivity index (χ1v) is 6.61. The number of anilines is 1. The summed E-state index contributed by atoms with van der Waals surface area (Å²) in [6.07, 6.45) is 1.66. The van der Waals surface area contributed by atoms with Crippen LogP contribution in [0.5, 0.6) is 0 Å². The molecule has 1 aromatic rings. The first-order chi connectivity index (χ1) is 6.86. The average molecular weight is 231 g/mol. The zero-order valence-electron chi connectivity index (χ0n) is 9.27. The van der Waals surface area contributed by atoms with Crippen LogP contribution in [0, 0.1) is 0 Å². The Balaban J connectivity index is 2.99. The molecule has 5 nitrogen and oxygen atoms in total. The third-order valence-electron chi connectivity index (χ3n) is 2.27. The van der Waals surface area contributed by atoms with Crippen molar-refractivity contribution in [2.45, 2.75) is 38.3 Å². The van der Waals surface area contributed by atoms with Crippen LogP contribution in [0.1, 0.15) is 26.6 Å². The van der Waals surface area contributed by atoms with Gasteiger partial charge in [-0.2, -0.15) is 0 Å². The first-order valence-electron chi connectivity index (χ1n) is 4.90. The summed E-state index contributed by atoms with van der Waals surface area (Å²) in [5, 5.41) is -0.388. The number of nitrogens with zero attached hydrogens (tertiary/aromatic N) is 2. The monoisotopic (exact) mass is 231 g/mol. The highest BCUT2D eigenvalue weighted by molar-refractivity contribution is 7.91. The Labute approximate surface area is 90.2 Å². The van der Waals surface area contributed by atoms with Crippen LogP contribution in [0.25, 0.3) is 0 Å². The van der Waals surface area contributed by atoms with E-state index < -0.39 is 9.84 Å². The number of sulfone groups is 1. The number of aryl methyl sites for hydroxylation is 1. The van der Waals surface area contributed by atoms with Crippen molar-refractivity contribution in [1.82, 2.24) is 9.55 Å². The minimum Gasteiger partial charge on any atom is -0.382 e. The zero-order chi connectivity index (χ0) is 11.6.